The zero-order valence-corrected chi connectivity index (χ0v) is 16.4. The molecule has 1 aliphatic rings. The topological polar surface area (TPSA) is 45.2 Å². The molecule has 2 heterocycles. The number of likely N-dealkylation sites (tertiary alicyclic amines) is 1. The fourth-order valence-electron chi connectivity index (χ4n) is 3.29. The van der Waals surface area contributed by atoms with Gasteiger partial charge < -0.3 is 5.32 Å². The molecule has 1 fully saturated rings. The van der Waals surface area contributed by atoms with Crippen molar-refractivity contribution in [3.63, 3.8) is 0 Å². The molecule has 1 unspecified atom stereocenters. The van der Waals surface area contributed by atoms with Crippen LogP contribution in [0.3, 0.4) is 0 Å². The number of aromatic nitrogens is 1. The van der Waals surface area contributed by atoms with E-state index in [0.29, 0.717) is 6.54 Å². The number of piperidine rings is 1. The zero-order chi connectivity index (χ0) is 18.5. The second kappa shape index (κ2) is 8.85. The van der Waals surface area contributed by atoms with Crippen LogP contribution in [0.1, 0.15) is 41.4 Å². The van der Waals surface area contributed by atoms with Gasteiger partial charge in [0.05, 0.1) is 5.02 Å². The molecule has 0 bridgehead atoms. The molecular formula is C20H23Cl2N3O. The number of benzene rings is 1. The predicted octanol–water partition coefficient (Wildman–Crippen LogP) is 4.55. The molecule has 1 N–H and O–H groups in total. The number of hydrogen-bond donors (Lipinski definition) is 1. The number of carbonyl (C=O) groups excluding carboxylic acids is 1. The molecule has 26 heavy (non-hydrogen) atoms. The second-order valence-corrected chi connectivity index (χ2v) is 7.74. The first-order valence-corrected chi connectivity index (χ1v) is 9.67. The first-order valence-electron chi connectivity index (χ1n) is 8.91. The summed E-state index contributed by atoms with van der Waals surface area (Å²) in [6.45, 7) is 6.07. The van der Waals surface area contributed by atoms with Crippen molar-refractivity contribution >= 4 is 29.1 Å². The van der Waals surface area contributed by atoms with E-state index in [1.165, 1.54) is 31.5 Å². The molecule has 0 spiro atoms. The lowest BCUT2D eigenvalue weighted by Gasteiger charge is -2.30. The van der Waals surface area contributed by atoms with Crippen LogP contribution in [-0.2, 0) is 13.1 Å². The second-order valence-electron chi connectivity index (χ2n) is 6.95. The number of halogens is 2. The minimum absolute atomic E-state index is 0.148. The number of nitrogens with one attached hydrogen (secondary N) is 1. The van der Waals surface area contributed by atoms with Crippen LogP contribution in [0.4, 0.5) is 0 Å². The van der Waals surface area contributed by atoms with Crippen LogP contribution < -0.4 is 5.32 Å². The lowest BCUT2D eigenvalue weighted by molar-refractivity contribution is 0.0946. The Bertz CT molecular complexity index is 764. The van der Waals surface area contributed by atoms with E-state index in [9.17, 15) is 4.79 Å². The smallest absolute Gasteiger partial charge is 0.271 e. The summed E-state index contributed by atoms with van der Waals surface area (Å²) < 4.78 is 0. The number of pyridine rings is 1. The molecular weight excluding hydrogens is 369 g/mol. The summed E-state index contributed by atoms with van der Waals surface area (Å²) in [4.78, 5) is 18.7. The third-order valence-electron chi connectivity index (χ3n) is 4.65. The number of carbonyl (C=O) groups is 1. The molecule has 4 nitrogen and oxygen atoms in total. The Morgan fingerprint density at radius 2 is 1.92 bits per heavy atom. The highest BCUT2D eigenvalue weighted by Crippen LogP contribution is 2.19. The van der Waals surface area contributed by atoms with E-state index in [0.717, 1.165) is 18.0 Å². The molecule has 0 radical (unpaired) electrons. The third kappa shape index (κ3) is 5.19. The van der Waals surface area contributed by atoms with Crippen molar-refractivity contribution in [2.75, 3.05) is 13.1 Å². The van der Waals surface area contributed by atoms with Gasteiger partial charge in [0.25, 0.3) is 5.91 Å². The molecule has 1 saturated heterocycles. The minimum atomic E-state index is -0.330. The Hall–Kier alpha value is -1.62. The molecule has 138 valence electrons. The summed E-state index contributed by atoms with van der Waals surface area (Å²) in [7, 11) is 0. The average Bonchev–Trinajstić information content (AvgIpc) is 2.63. The first kappa shape index (κ1) is 19.2. The van der Waals surface area contributed by atoms with E-state index in [1.807, 2.05) is 0 Å². The van der Waals surface area contributed by atoms with Crippen LogP contribution in [0.15, 0.2) is 36.4 Å². The highest BCUT2D eigenvalue weighted by Gasteiger charge is 2.16. The first-order chi connectivity index (χ1) is 12.5. The standard InChI is InChI=1S/C20H23Cl2N3O/c1-14-3-2-10-25(12-14)13-16-6-4-15(5-7-16)11-23-20(26)19-17(21)8-9-18(22)24-19/h4-9,14H,2-3,10-13H2,1H3,(H,23,26). The highest BCUT2D eigenvalue weighted by molar-refractivity contribution is 6.34. The van der Waals surface area contributed by atoms with Crippen molar-refractivity contribution in [3.05, 3.63) is 63.4 Å². The van der Waals surface area contributed by atoms with Gasteiger partial charge in [0, 0.05) is 19.6 Å². The summed E-state index contributed by atoms with van der Waals surface area (Å²) in [6, 6.07) is 11.5. The van der Waals surface area contributed by atoms with E-state index in [2.05, 4.69) is 46.4 Å². The van der Waals surface area contributed by atoms with Crippen molar-refractivity contribution in [3.8, 4) is 0 Å². The Morgan fingerprint density at radius 3 is 2.65 bits per heavy atom. The molecule has 1 aromatic carbocycles. The maximum absolute atomic E-state index is 12.2. The van der Waals surface area contributed by atoms with Gasteiger partial charge in [0.15, 0.2) is 0 Å². The lowest BCUT2D eigenvalue weighted by atomic mass is 9.99. The molecule has 1 aliphatic heterocycles. The summed E-state index contributed by atoms with van der Waals surface area (Å²) in [6.07, 6.45) is 2.62. The van der Waals surface area contributed by atoms with E-state index in [-0.39, 0.29) is 21.8 Å². The maximum Gasteiger partial charge on any atom is 0.271 e. The summed E-state index contributed by atoms with van der Waals surface area (Å²) in [5, 5.41) is 3.37. The Balaban J connectivity index is 1.54. The molecule has 0 aliphatic carbocycles. The highest BCUT2D eigenvalue weighted by atomic mass is 35.5. The van der Waals surface area contributed by atoms with Gasteiger partial charge in [-0.15, -0.1) is 0 Å². The monoisotopic (exact) mass is 391 g/mol. The van der Waals surface area contributed by atoms with Crippen molar-refractivity contribution in [2.24, 2.45) is 5.92 Å². The van der Waals surface area contributed by atoms with Crippen molar-refractivity contribution in [2.45, 2.75) is 32.9 Å². The fourth-order valence-corrected chi connectivity index (χ4v) is 3.63. The SMILES string of the molecule is CC1CCCN(Cc2ccc(CNC(=O)c3nc(Cl)ccc3Cl)cc2)C1. The van der Waals surface area contributed by atoms with Crippen LogP contribution in [0.2, 0.25) is 10.2 Å². The van der Waals surface area contributed by atoms with Crippen LogP contribution in [0, 0.1) is 5.92 Å². The van der Waals surface area contributed by atoms with Gasteiger partial charge in [-0.1, -0.05) is 54.4 Å². The number of hydrogen-bond acceptors (Lipinski definition) is 3. The van der Waals surface area contributed by atoms with Gasteiger partial charge in [-0.3, -0.25) is 9.69 Å². The van der Waals surface area contributed by atoms with Crippen molar-refractivity contribution in [1.29, 1.82) is 0 Å². The molecule has 1 atom stereocenters. The van der Waals surface area contributed by atoms with Crippen LogP contribution >= 0.6 is 23.2 Å². The molecule has 2 aromatic rings. The Kier molecular flexibility index (Phi) is 6.52. The molecule has 3 rings (SSSR count). The van der Waals surface area contributed by atoms with Gasteiger partial charge in [-0.2, -0.15) is 0 Å². The van der Waals surface area contributed by atoms with Crippen molar-refractivity contribution in [1.82, 2.24) is 15.2 Å². The molecule has 1 amide bonds. The maximum atomic E-state index is 12.2. The van der Waals surface area contributed by atoms with Gasteiger partial charge in [-0.25, -0.2) is 4.98 Å². The average molecular weight is 392 g/mol. The molecule has 1 aromatic heterocycles. The quantitative estimate of drug-likeness (QED) is 0.760. The van der Waals surface area contributed by atoms with Crippen molar-refractivity contribution < 1.29 is 4.79 Å². The minimum Gasteiger partial charge on any atom is -0.347 e. The number of nitrogens with zero attached hydrogens (tertiary/aromatic N) is 2. The van der Waals surface area contributed by atoms with E-state index >= 15 is 0 Å². The van der Waals surface area contributed by atoms with Crippen LogP contribution in [0.25, 0.3) is 0 Å². The lowest BCUT2D eigenvalue weighted by Crippen LogP contribution is -2.33. The van der Waals surface area contributed by atoms with Gasteiger partial charge in [0.2, 0.25) is 0 Å². The summed E-state index contributed by atoms with van der Waals surface area (Å²) in [5.41, 5.74) is 2.48. The van der Waals surface area contributed by atoms with Crippen LogP contribution in [-0.4, -0.2) is 28.9 Å². The van der Waals surface area contributed by atoms with Gasteiger partial charge in [-0.05, 0) is 48.6 Å². The van der Waals surface area contributed by atoms with E-state index in [1.54, 1.807) is 12.1 Å². The fraction of sp³-hybridized carbons (Fsp3) is 0.400. The third-order valence-corrected chi connectivity index (χ3v) is 5.17. The predicted molar refractivity (Wildman–Crippen MR) is 106 cm³/mol. The zero-order valence-electron chi connectivity index (χ0n) is 14.8. The number of rotatable bonds is 5. The molecule has 6 heteroatoms. The summed E-state index contributed by atoms with van der Waals surface area (Å²) in [5.74, 6) is 0.453. The van der Waals surface area contributed by atoms with Crippen LogP contribution in [0.5, 0.6) is 0 Å². The van der Waals surface area contributed by atoms with Gasteiger partial charge >= 0.3 is 0 Å². The number of amides is 1. The molecule has 0 saturated carbocycles. The van der Waals surface area contributed by atoms with E-state index in [4.69, 9.17) is 23.2 Å². The Morgan fingerprint density at radius 1 is 1.19 bits per heavy atom. The summed E-state index contributed by atoms with van der Waals surface area (Å²) >= 11 is 11.8. The van der Waals surface area contributed by atoms with E-state index < -0.39 is 0 Å². The largest absolute Gasteiger partial charge is 0.347 e. The van der Waals surface area contributed by atoms with Gasteiger partial charge in [0.1, 0.15) is 10.8 Å². The Labute approximate surface area is 164 Å². The normalized spacial score (nSPS) is 17.9.